The lowest BCUT2D eigenvalue weighted by Gasteiger charge is -2.26. The first kappa shape index (κ1) is 21.1. The summed E-state index contributed by atoms with van der Waals surface area (Å²) >= 11 is 1.89. The fraction of sp³-hybridized carbons (Fsp3) is 0.207. The Morgan fingerprint density at radius 3 is 2.22 bits per heavy atom. The normalized spacial score (nSPS) is 12.5. The molecule has 0 saturated heterocycles. The Morgan fingerprint density at radius 1 is 0.750 bits per heavy atom. The molecule has 5 aromatic rings. The van der Waals surface area contributed by atoms with Gasteiger partial charge in [0.1, 0.15) is 0 Å². The van der Waals surface area contributed by atoms with Crippen molar-refractivity contribution >= 4 is 44.8 Å². The van der Waals surface area contributed by atoms with Gasteiger partial charge in [-0.15, -0.1) is 11.3 Å². The fourth-order valence-corrected chi connectivity index (χ4v) is 6.71. The highest BCUT2D eigenvalue weighted by atomic mass is 32.1. The number of nitrogens with zero attached hydrogens (tertiary/aromatic N) is 1. The molecule has 0 aliphatic heterocycles. The highest BCUT2D eigenvalue weighted by Gasteiger charge is 2.24. The van der Waals surface area contributed by atoms with Crippen molar-refractivity contribution in [1.29, 1.82) is 0 Å². The molecule has 3 heteroatoms. The molecular weight excluding hydrogens is 422 g/mol. The first-order chi connectivity index (χ1) is 15.2. The zero-order chi connectivity index (χ0) is 22.5. The van der Waals surface area contributed by atoms with Crippen LogP contribution in [0.5, 0.6) is 0 Å². The predicted molar refractivity (Wildman–Crippen MR) is 144 cm³/mol. The van der Waals surface area contributed by atoms with E-state index in [-0.39, 0.29) is 5.41 Å². The first-order valence-corrected chi connectivity index (χ1v) is 15.5. The van der Waals surface area contributed by atoms with Gasteiger partial charge in [0.25, 0.3) is 0 Å². The second-order valence-corrected chi connectivity index (χ2v) is 16.3. The fourth-order valence-electron chi connectivity index (χ4n) is 4.41. The molecule has 3 aromatic carbocycles. The van der Waals surface area contributed by atoms with Crippen molar-refractivity contribution in [3.05, 3.63) is 96.2 Å². The maximum absolute atomic E-state index is 4.87. The van der Waals surface area contributed by atoms with Gasteiger partial charge in [-0.25, -0.2) is 0 Å². The lowest BCUT2D eigenvalue weighted by molar-refractivity contribution is 0.642. The van der Waals surface area contributed by atoms with Gasteiger partial charge in [-0.1, -0.05) is 100 Å². The van der Waals surface area contributed by atoms with Crippen molar-refractivity contribution in [2.24, 2.45) is 0 Å². The van der Waals surface area contributed by atoms with Gasteiger partial charge in [-0.2, -0.15) is 0 Å². The molecule has 1 nitrogen and oxygen atoms in total. The summed E-state index contributed by atoms with van der Waals surface area (Å²) in [7, 11) is -1.35. The Kier molecular flexibility index (Phi) is 5.07. The molecule has 2 aromatic heterocycles. The number of rotatable bonds is 4. The monoisotopic (exact) mass is 451 g/mol. The van der Waals surface area contributed by atoms with E-state index in [9.17, 15) is 0 Å². The van der Waals surface area contributed by atoms with Crippen LogP contribution < -0.4 is 5.19 Å². The zero-order valence-electron chi connectivity index (χ0n) is 19.4. The third-order valence-corrected chi connectivity index (χ3v) is 9.85. The van der Waals surface area contributed by atoms with E-state index in [0.29, 0.717) is 0 Å². The predicted octanol–water partition coefficient (Wildman–Crippen LogP) is 7.99. The van der Waals surface area contributed by atoms with Crippen molar-refractivity contribution in [3.63, 3.8) is 0 Å². The largest absolute Gasteiger partial charge is 0.256 e. The highest BCUT2D eigenvalue weighted by molar-refractivity contribution is 7.26. The number of thiophene rings is 1. The Hall–Kier alpha value is -2.75. The second-order valence-electron chi connectivity index (χ2n) is 10.2. The molecule has 32 heavy (non-hydrogen) atoms. The summed E-state index contributed by atoms with van der Waals surface area (Å²) in [5.41, 5.74) is 4.95. The lowest BCUT2D eigenvalue weighted by Crippen LogP contribution is -2.37. The van der Waals surface area contributed by atoms with Gasteiger partial charge in [-0.3, -0.25) is 4.98 Å². The van der Waals surface area contributed by atoms with Crippen LogP contribution in [0.25, 0.3) is 31.4 Å². The van der Waals surface area contributed by atoms with Crippen molar-refractivity contribution in [3.8, 4) is 11.3 Å². The van der Waals surface area contributed by atoms with E-state index < -0.39 is 8.07 Å². The smallest absolute Gasteiger partial charge is 0.0796 e. The van der Waals surface area contributed by atoms with Gasteiger partial charge in [0.2, 0.25) is 0 Å². The van der Waals surface area contributed by atoms with Gasteiger partial charge >= 0.3 is 0 Å². The van der Waals surface area contributed by atoms with Gasteiger partial charge in [0.15, 0.2) is 0 Å². The van der Waals surface area contributed by atoms with Crippen molar-refractivity contribution in [2.45, 2.75) is 38.9 Å². The van der Waals surface area contributed by atoms with Crippen molar-refractivity contribution < 1.29 is 0 Å². The molecule has 0 amide bonds. The second kappa shape index (κ2) is 7.68. The molecule has 0 bridgehead atoms. The third kappa shape index (κ3) is 3.60. The van der Waals surface area contributed by atoms with Crippen molar-refractivity contribution in [2.75, 3.05) is 0 Å². The molecule has 0 aliphatic rings. The van der Waals surface area contributed by atoms with Crippen molar-refractivity contribution in [1.82, 2.24) is 4.98 Å². The minimum atomic E-state index is -1.35. The SMILES string of the molecule is CC(C)(c1ccccc1)c1ccc2c(c1)sc1c(-c3ccc([Si](C)(C)C)cn3)cccc12. The molecule has 0 fully saturated rings. The van der Waals surface area contributed by atoms with Crippen LogP contribution in [0.3, 0.4) is 0 Å². The van der Waals surface area contributed by atoms with Gasteiger partial charge < -0.3 is 0 Å². The maximum atomic E-state index is 4.87. The highest BCUT2D eigenvalue weighted by Crippen LogP contribution is 2.41. The lowest BCUT2D eigenvalue weighted by atomic mass is 9.78. The topological polar surface area (TPSA) is 12.9 Å². The number of hydrogen-bond acceptors (Lipinski definition) is 2. The number of hydrogen-bond donors (Lipinski definition) is 0. The average Bonchev–Trinajstić information content (AvgIpc) is 3.17. The molecule has 0 radical (unpaired) electrons. The van der Waals surface area contributed by atoms with E-state index in [2.05, 4.69) is 119 Å². The van der Waals surface area contributed by atoms with Crippen LogP contribution in [0.1, 0.15) is 25.0 Å². The molecule has 0 spiro atoms. The Labute approximate surface area is 195 Å². The molecule has 5 rings (SSSR count). The van der Waals surface area contributed by atoms with Gasteiger partial charge in [0.05, 0.1) is 13.8 Å². The van der Waals surface area contributed by atoms with E-state index in [1.807, 2.05) is 11.3 Å². The summed E-state index contributed by atoms with van der Waals surface area (Å²) < 4.78 is 2.66. The summed E-state index contributed by atoms with van der Waals surface area (Å²) in [5, 5.41) is 4.05. The van der Waals surface area contributed by atoms with E-state index in [0.717, 1.165) is 5.69 Å². The van der Waals surface area contributed by atoms with Crippen LogP contribution in [-0.4, -0.2) is 13.1 Å². The summed E-state index contributed by atoms with van der Waals surface area (Å²) in [6.45, 7) is 11.7. The minimum Gasteiger partial charge on any atom is -0.256 e. The van der Waals surface area contributed by atoms with Crippen LogP contribution in [0.4, 0.5) is 0 Å². The van der Waals surface area contributed by atoms with Gasteiger partial charge in [-0.05, 0) is 28.4 Å². The summed E-state index contributed by atoms with van der Waals surface area (Å²) in [6.07, 6.45) is 2.09. The summed E-state index contributed by atoms with van der Waals surface area (Å²) in [6, 6.07) is 28.9. The summed E-state index contributed by atoms with van der Waals surface area (Å²) in [5.74, 6) is 0. The zero-order valence-corrected chi connectivity index (χ0v) is 21.3. The molecular formula is C29H29NSSi. The van der Waals surface area contributed by atoms with Crippen LogP contribution in [0, 0.1) is 0 Å². The average molecular weight is 452 g/mol. The Bertz CT molecular complexity index is 1410. The minimum absolute atomic E-state index is 0.0390. The molecule has 0 N–H and O–H groups in total. The summed E-state index contributed by atoms with van der Waals surface area (Å²) in [4.78, 5) is 4.87. The van der Waals surface area contributed by atoms with E-state index in [1.54, 1.807) is 0 Å². The number of benzene rings is 3. The Morgan fingerprint density at radius 2 is 1.53 bits per heavy atom. The van der Waals surface area contributed by atoms with Crippen LogP contribution >= 0.6 is 11.3 Å². The van der Waals surface area contributed by atoms with Crippen LogP contribution in [-0.2, 0) is 5.41 Å². The molecule has 0 aliphatic carbocycles. The number of aromatic nitrogens is 1. The van der Waals surface area contributed by atoms with Gasteiger partial charge in [0, 0.05) is 37.3 Å². The van der Waals surface area contributed by atoms with Crippen LogP contribution in [0.2, 0.25) is 19.6 Å². The maximum Gasteiger partial charge on any atom is 0.0796 e. The molecule has 0 saturated carbocycles. The van der Waals surface area contributed by atoms with E-state index in [1.165, 1.54) is 42.0 Å². The first-order valence-electron chi connectivity index (χ1n) is 11.2. The third-order valence-electron chi connectivity index (χ3n) is 6.62. The van der Waals surface area contributed by atoms with E-state index in [4.69, 9.17) is 4.98 Å². The quantitative estimate of drug-likeness (QED) is 0.252. The number of pyridine rings is 1. The molecule has 0 atom stereocenters. The Balaban J connectivity index is 1.63. The molecule has 2 heterocycles. The van der Waals surface area contributed by atoms with Crippen LogP contribution in [0.15, 0.2) is 85.1 Å². The molecule has 0 unspecified atom stereocenters. The van der Waals surface area contributed by atoms with E-state index >= 15 is 0 Å². The standard InChI is InChI=1S/C29H29NSSi/c1-29(2,20-10-7-6-8-11-20)21-14-16-23-24-12-9-13-25(28(24)31-27(23)18-21)26-17-15-22(19-30-26)32(3,4)5/h6-19H,1-5H3. The number of fused-ring (bicyclic) bond motifs is 3. The molecule has 160 valence electrons.